The highest BCUT2D eigenvalue weighted by molar-refractivity contribution is 7.89. The van der Waals surface area contributed by atoms with E-state index in [4.69, 9.17) is 5.11 Å². The summed E-state index contributed by atoms with van der Waals surface area (Å²) in [5.41, 5.74) is -0.976. The number of hydrogen-bond donors (Lipinski definition) is 1. The van der Waals surface area contributed by atoms with E-state index >= 15 is 0 Å². The maximum absolute atomic E-state index is 12.4. The van der Waals surface area contributed by atoms with Crippen LogP contribution in [-0.2, 0) is 21.0 Å². The zero-order chi connectivity index (χ0) is 16.4. The zero-order valence-corrected chi connectivity index (χ0v) is 12.1. The molecule has 1 aromatic rings. The third kappa shape index (κ3) is 4.18. The molecule has 0 aliphatic rings. The van der Waals surface area contributed by atoms with Crippen molar-refractivity contribution in [1.82, 2.24) is 4.31 Å². The van der Waals surface area contributed by atoms with Gasteiger partial charge < -0.3 is 5.11 Å². The number of aliphatic carboxylic acids is 1. The van der Waals surface area contributed by atoms with Crippen molar-refractivity contribution in [3.05, 3.63) is 29.8 Å². The maximum atomic E-state index is 12.4. The van der Waals surface area contributed by atoms with E-state index in [0.29, 0.717) is 16.4 Å². The standard InChI is InChI=1S/C12H14F3NO4S/c1-8(2)16(7-11(17)18)21(19,20)10-5-3-9(4-6-10)12(13,14)15/h3-6,8H,7H2,1-2H3,(H,17,18). The average Bonchev–Trinajstić information content (AvgIpc) is 2.34. The van der Waals surface area contributed by atoms with Gasteiger partial charge in [-0.3, -0.25) is 4.79 Å². The third-order valence-electron chi connectivity index (χ3n) is 2.66. The minimum Gasteiger partial charge on any atom is -0.480 e. The molecule has 0 amide bonds. The summed E-state index contributed by atoms with van der Waals surface area (Å²) in [7, 11) is -4.17. The second-order valence-corrected chi connectivity index (χ2v) is 6.45. The van der Waals surface area contributed by atoms with Gasteiger partial charge in [0.2, 0.25) is 10.0 Å². The molecule has 0 spiro atoms. The molecule has 1 rings (SSSR count). The van der Waals surface area contributed by atoms with Crippen molar-refractivity contribution < 1.29 is 31.5 Å². The lowest BCUT2D eigenvalue weighted by Crippen LogP contribution is -2.40. The normalized spacial score (nSPS) is 12.9. The monoisotopic (exact) mass is 325 g/mol. The van der Waals surface area contributed by atoms with Gasteiger partial charge in [-0.25, -0.2) is 8.42 Å². The molecule has 0 saturated heterocycles. The van der Waals surface area contributed by atoms with Crippen molar-refractivity contribution in [2.24, 2.45) is 0 Å². The van der Waals surface area contributed by atoms with Crippen LogP contribution in [0.25, 0.3) is 0 Å². The van der Waals surface area contributed by atoms with E-state index in [1.165, 1.54) is 13.8 Å². The smallest absolute Gasteiger partial charge is 0.416 e. The van der Waals surface area contributed by atoms with Crippen LogP contribution in [0.5, 0.6) is 0 Å². The van der Waals surface area contributed by atoms with E-state index < -0.39 is 40.3 Å². The van der Waals surface area contributed by atoms with E-state index in [2.05, 4.69) is 0 Å². The molecule has 9 heteroatoms. The van der Waals surface area contributed by atoms with Crippen LogP contribution in [-0.4, -0.2) is 36.4 Å². The van der Waals surface area contributed by atoms with Crippen molar-refractivity contribution in [2.75, 3.05) is 6.54 Å². The Balaban J connectivity index is 3.20. The summed E-state index contributed by atoms with van der Waals surface area (Å²) >= 11 is 0. The van der Waals surface area contributed by atoms with Gasteiger partial charge in [0, 0.05) is 6.04 Å². The van der Waals surface area contributed by atoms with E-state index in [1.807, 2.05) is 0 Å². The molecule has 0 aromatic heterocycles. The molecule has 0 atom stereocenters. The fourth-order valence-electron chi connectivity index (χ4n) is 1.63. The van der Waals surface area contributed by atoms with Crippen LogP contribution < -0.4 is 0 Å². The summed E-state index contributed by atoms with van der Waals surface area (Å²) in [6, 6.07) is 2.27. The zero-order valence-electron chi connectivity index (χ0n) is 11.3. The fourth-order valence-corrected chi connectivity index (χ4v) is 3.22. The van der Waals surface area contributed by atoms with Crippen LogP contribution in [0.15, 0.2) is 29.2 Å². The molecule has 0 aliphatic carbocycles. The fraction of sp³-hybridized carbons (Fsp3) is 0.417. The molecular formula is C12H14F3NO4S. The second kappa shape index (κ2) is 6.02. The van der Waals surface area contributed by atoms with Gasteiger partial charge in [-0.15, -0.1) is 0 Å². The Bertz CT molecular complexity index is 608. The first-order chi connectivity index (χ1) is 9.46. The highest BCUT2D eigenvalue weighted by Crippen LogP contribution is 2.30. The van der Waals surface area contributed by atoms with Crippen molar-refractivity contribution in [1.29, 1.82) is 0 Å². The molecular weight excluding hydrogens is 311 g/mol. The van der Waals surface area contributed by atoms with Crippen LogP contribution >= 0.6 is 0 Å². The minimum atomic E-state index is -4.57. The highest BCUT2D eigenvalue weighted by atomic mass is 32.2. The van der Waals surface area contributed by atoms with Gasteiger partial charge in [0.05, 0.1) is 10.5 Å². The lowest BCUT2D eigenvalue weighted by Gasteiger charge is -2.24. The van der Waals surface area contributed by atoms with E-state index in [1.54, 1.807) is 0 Å². The number of carboxylic acid groups (broad SMARTS) is 1. The van der Waals surface area contributed by atoms with Crippen LogP contribution in [0.2, 0.25) is 0 Å². The van der Waals surface area contributed by atoms with Crippen LogP contribution in [0.1, 0.15) is 19.4 Å². The largest absolute Gasteiger partial charge is 0.480 e. The first-order valence-corrected chi connectivity index (χ1v) is 7.31. The van der Waals surface area contributed by atoms with Crippen LogP contribution in [0, 0.1) is 0 Å². The summed E-state index contributed by atoms with van der Waals surface area (Å²) < 4.78 is 62.5. The molecule has 0 aliphatic heterocycles. The summed E-state index contributed by atoms with van der Waals surface area (Å²) in [6.45, 7) is 2.19. The van der Waals surface area contributed by atoms with Crippen molar-refractivity contribution in [3.63, 3.8) is 0 Å². The predicted octanol–water partition coefficient (Wildman–Crippen LogP) is 2.19. The van der Waals surface area contributed by atoms with Crippen molar-refractivity contribution in [2.45, 2.75) is 31.0 Å². The Morgan fingerprint density at radius 1 is 1.24 bits per heavy atom. The number of carbonyl (C=O) groups is 1. The first-order valence-electron chi connectivity index (χ1n) is 5.87. The van der Waals surface area contributed by atoms with Crippen LogP contribution in [0.4, 0.5) is 13.2 Å². The number of sulfonamides is 1. The summed E-state index contributed by atoms with van der Waals surface area (Å²) in [5, 5.41) is 8.74. The Labute approximate surface area is 120 Å². The summed E-state index contributed by atoms with van der Waals surface area (Å²) in [5.74, 6) is -1.35. The molecule has 0 saturated carbocycles. The number of alkyl halides is 3. The summed E-state index contributed by atoms with van der Waals surface area (Å²) in [4.78, 5) is 10.3. The Kier molecular flexibility index (Phi) is 5.00. The SMILES string of the molecule is CC(C)N(CC(=O)O)S(=O)(=O)c1ccc(C(F)(F)F)cc1. The van der Waals surface area contributed by atoms with Gasteiger partial charge in [-0.1, -0.05) is 0 Å². The van der Waals surface area contributed by atoms with E-state index in [9.17, 15) is 26.4 Å². The van der Waals surface area contributed by atoms with Gasteiger partial charge >= 0.3 is 12.1 Å². The van der Waals surface area contributed by atoms with Gasteiger partial charge in [-0.2, -0.15) is 17.5 Å². The first kappa shape index (κ1) is 17.4. The van der Waals surface area contributed by atoms with Gasteiger partial charge in [0.15, 0.2) is 0 Å². The van der Waals surface area contributed by atoms with Gasteiger partial charge in [-0.05, 0) is 38.1 Å². The van der Waals surface area contributed by atoms with E-state index in [-0.39, 0.29) is 4.90 Å². The van der Waals surface area contributed by atoms with Gasteiger partial charge in [0.1, 0.15) is 6.54 Å². The molecule has 0 fully saturated rings. The Morgan fingerprint density at radius 3 is 2.05 bits per heavy atom. The molecule has 0 radical (unpaired) electrons. The third-order valence-corrected chi connectivity index (χ3v) is 4.69. The van der Waals surface area contributed by atoms with Crippen LogP contribution in [0.3, 0.4) is 0 Å². The molecule has 0 heterocycles. The lowest BCUT2D eigenvalue weighted by atomic mass is 10.2. The molecule has 1 N–H and O–H groups in total. The van der Waals surface area contributed by atoms with Gasteiger partial charge in [0.25, 0.3) is 0 Å². The van der Waals surface area contributed by atoms with E-state index in [0.717, 1.165) is 12.1 Å². The lowest BCUT2D eigenvalue weighted by molar-refractivity contribution is -0.138. The van der Waals surface area contributed by atoms with Crippen molar-refractivity contribution in [3.8, 4) is 0 Å². The number of hydrogen-bond acceptors (Lipinski definition) is 3. The number of carboxylic acids is 1. The Hall–Kier alpha value is -1.61. The maximum Gasteiger partial charge on any atom is 0.416 e. The molecule has 5 nitrogen and oxygen atoms in total. The predicted molar refractivity (Wildman–Crippen MR) is 68.1 cm³/mol. The molecule has 0 bridgehead atoms. The summed E-state index contributed by atoms with van der Waals surface area (Å²) in [6.07, 6.45) is -4.57. The quantitative estimate of drug-likeness (QED) is 0.900. The molecule has 118 valence electrons. The number of rotatable bonds is 5. The minimum absolute atomic E-state index is 0.384. The molecule has 0 unspecified atom stereocenters. The Morgan fingerprint density at radius 2 is 1.71 bits per heavy atom. The number of benzene rings is 1. The molecule has 21 heavy (non-hydrogen) atoms. The average molecular weight is 325 g/mol. The van der Waals surface area contributed by atoms with Crippen molar-refractivity contribution >= 4 is 16.0 Å². The number of halogens is 3. The topological polar surface area (TPSA) is 74.7 Å². The number of nitrogens with zero attached hydrogens (tertiary/aromatic N) is 1. The highest BCUT2D eigenvalue weighted by Gasteiger charge is 2.32. The second-order valence-electron chi connectivity index (χ2n) is 4.56. The molecule has 1 aromatic carbocycles.